The number of carbonyl (C=O) groups excluding carboxylic acids is 1. The summed E-state index contributed by atoms with van der Waals surface area (Å²) in [5.74, 6) is -0.228. The van der Waals surface area contributed by atoms with Crippen molar-refractivity contribution in [2.75, 3.05) is 0 Å². The van der Waals surface area contributed by atoms with E-state index in [1.165, 1.54) is 12.1 Å². The molecule has 1 N–H and O–H groups in total. The Kier molecular flexibility index (Phi) is 4.45. The highest BCUT2D eigenvalue weighted by Gasteiger charge is 2.36. The van der Waals surface area contributed by atoms with Gasteiger partial charge in [0, 0.05) is 13.0 Å². The maximum absolute atomic E-state index is 13.3. The molecule has 0 saturated heterocycles. The van der Waals surface area contributed by atoms with Crippen LogP contribution < -0.4 is 5.32 Å². The van der Waals surface area contributed by atoms with Crippen LogP contribution in [0.5, 0.6) is 0 Å². The van der Waals surface area contributed by atoms with Crippen LogP contribution in [0.3, 0.4) is 0 Å². The standard InChI is InChI=1S/C21H22FN3O/c22-17-9-7-16(8-10-17)21(12-3-4-13-21)24-20(26)11-14-25-15-23-18-5-1-2-6-19(18)25/h1-2,5-10,15H,3-4,11-14H2,(H,24,26). The van der Waals surface area contributed by atoms with E-state index < -0.39 is 0 Å². The van der Waals surface area contributed by atoms with E-state index in [0.29, 0.717) is 13.0 Å². The van der Waals surface area contributed by atoms with Crippen molar-refractivity contribution >= 4 is 16.9 Å². The second kappa shape index (κ2) is 6.90. The first-order valence-electron chi connectivity index (χ1n) is 9.13. The number of amides is 1. The number of hydrogen-bond acceptors (Lipinski definition) is 2. The SMILES string of the molecule is O=C(CCn1cnc2ccccc21)NC1(c2ccc(F)cc2)CCCC1. The molecule has 1 fully saturated rings. The zero-order valence-electron chi connectivity index (χ0n) is 14.6. The molecule has 1 saturated carbocycles. The Balaban J connectivity index is 1.46. The van der Waals surface area contributed by atoms with Crippen LogP contribution in [0.25, 0.3) is 11.0 Å². The lowest BCUT2D eigenvalue weighted by atomic mass is 9.88. The topological polar surface area (TPSA) is 46.9 Å². The highest BCUT2D eigenvalue weighted by Crippen LogP contribution is 2.38. The molecular formula is C21H22FN3O. The van der Waals surface area contributed by atoms with Crippen LogP contribution in [0.15, 0.2) is 54.9 Å². The Morgan fingerprint density at radius 3 is 2.62 bits per heavy atom. The Labute approximate surface area is 152 Å². The number of carbonyl (C=O) groups is 1. The molecule has 2 aromatic carbocycles. The second-order valence-corrected chi connectivity index (χ2v) is 7.02. The molecule has 1 aliphatic rings. The van der Waals surface area contributed by atoms with E-state index in [9.17, 15) is 9.18 Å². The third-order valence-corrected chi connectivity index (χ3v) is 5.34. The van der Waals surface area contributed by atoms with E-state index in [0.717, 1.165) is 42.3 Å². The molecule has 26 heavy (non-hydrogen) atoms. The van der Waals surface area contributed by atoms with Crippen LogP contribution in [0.4, 0.5) is 4.39 Å². The van der Waals surface area contributed by atoms with Crippen LogP contribution in [0.1, 0.15) is 37.7 Å². The van der Waals surface area contributed by atoms with Gasteiger partial charge in [-0.25, -0.2) is 9.37 Å². The number of halogens is 1. The normalized spacial score (nSPS) is 16.0. The highest BCUT2D eigenvalue weighted by molar-refractivity contribution is 5.78. The van der Waals surface area contributed by atoms with Gasteiger partial charge >= 0.3 is 0 Å². The van der Waals surface area contributed by atoms with Crippen LogP contribution >= 0.6 is 0 Å². The number of para-hydroxylation sites is 2. The van der Waals surface area contributed by atoms with Gasteiger partial charge in [-0.3, -0.25) is 4.79 Å². The van der Waals surface area contributed by atoms with Crippen molar-refractivity contribution in [3.63, 3.8) is 0 Å². The van der Waals surface area contributed by atoms with Crippen molar-refractivity contribution in [2.45, 2.75) is 44.2 Å². The van der Waals surface area contributed by atoms with Crippen molar-refractivity contribution in [1.82, 2.24) is 14.9 Å². The lowest BCUT2D eigenvalue weighted by molar-refractivity contribution is -0.123. The summed E-state index contributed by atoms with van der Waals surface area (Å²) in [5.41, 5.74) is 2.61. The first kappa shape index (κ1) is 16.8. The molecule has 5 heteroatoms. The average molecular weight is 351 g/mol. The van der Waals surface area contributed by atoms with E-state index in [1.807, 2.05) is 28.8 Å². The predicted octanol–water partition coefficient (Wildman–Crippen LogP) is 4.15. The fourth-order valence-electron chi connectivity index (χ4n) is 3.97. The van der Waals surface area contributed by atoms with Crippen LogP contribution in [-0.2, 0) is 16.9 Å². The van der Waals surface area contributed by atoms with E-state index in [-0.39, 0.29) is 17.3 Å². The molecule has 1 aliphatic carbocycles. The van der Waals surface area contributed by atoms with Gasteiger partial charge in [-0.1, -0.05) is 37.1 Å². The monoisotopic (exact) mass is 351 g/mol. The lowest BCUT2D eigenvalue weighted by Gasteiger charge is -2.31. The third-order valence-electron chi connectivity index (χ3n) is 5.34. The zero-order chi connectivity index (χ0) is 18.0. The number of nitrogens with one attached hydrogen (secondary N) is 1. The molecule has 0 aliphatic heterocycles. The molecule has 134 valence electrons. The molecule has 1 amide bonds. The predicted molar refractivity (Wildman–Crippen MR) is 99.0 cm³/mol. The van der Waals surface area contributed by atoms with Gasteiger partial charge in [0.2, 0.25) is 5.91 Å². The van der Waals surface area contributed by atoms with Crippen molar-refractivity contribution in [3.05, 3.63) is 66.2 Å². The fourth-order valence-corrected chi connectivity index (χ4v) is 3.97. The van der Waals surface area contributed by atoms with Crippen molar-refractivity contribution in [3.8, 4) is 0 Å². The van der Waals surface area contributed by atoms with Gasteiger partial charge in [0.15, 0.2) is 0 Å². The Morgan fingerprint density at radius 1 is 1.12 bits per heavy atom. The van der Waals surface area contributed by atoms with Gasteiger partial charge in [0.05, 0.1) is 22.9 Å². The molecule has 1 aromatic heterocycles. The van der Waals surface area contributed by atoms with E-state index >= 15 is 0 Å². The van der Waals surface area contributed by atoms with Gasteiger partial charge in [-0.05, 0) is 42.7 Å². The minimum absolute atomic E-state index is 0.0222. The maximum Gasteiger partial charge on any atom is 0.222 e. The Hall–Kier alpha value is -2.69. The number of aryl methyl sites for hydroxylation is 1. The van der Waals surface area contributed by atoms with Gasteiger partial charge in [0.1, 0.15) is 5.82 Å². The number of rotatable bonds is 5. The highest BCUT2D eigenvalue weighted by atomic mass is 19.1. The summed E-state index contributed by atoms with van der Waals surface area (Å²) in [7, 11) is 0. The molecule has 0 bridgehead atoms. The zero-order valence-corrected chi connectivity index (χ0v) is 14.6. The molecule has 4 rings (SSSR count). The van der Waals surface area contributed by atoms with Gasteiger partial charge < -0.3 is 9.88 Å². The summed E-state index contributed by atoms with van der Waals surface area (Å²) in [6, 6.07) is 14.4. The van der Waals surface area contributed by atoms with Crippen molar-refractivity contribution < 1.29 is 9.18 Å². The number of benzene rings is 2. The van der Waals surface area contributed by atoms with Crippen LogP contribution in [0, 0.1) is 5.82 Å². The smallest absolute Gasteiger partial charge is 0.222 e. The molecule has 0 unspecified atom stereocenters. The molecule has 3 aromatic rings. The minimum Gasteiger partial charge on any atom is -0.347 e. The summed E-state index contributed by atoms with van der Waals surface area (Å²) in [4.78, 5) is 17.0. The van der Waals surface area contributed by atoms with Crippen LogP contribution in [-0.4, -0.2) is 15.5 Å². The van der Waals surface area contributed by atoms with E-state index in [1.54, 1.807) is 18.5 Å². The summed E-state index contributed by atoms with van der Waals surface area (Å²) >= 11 is 0. The molecular weight excluding hydrogens is 329 g/mol. The van der Waals surface area contributed by atoms with Gasteiger partial charge in [-0.2, -0.15) is 0 Å². The van der Waals surface area contributed by atoms with Gasteiger partial charge in [0.25, 0.3) is 0 Å². The maximum atomic E-state index is 13.3. The fraction of sp³-hybridized carbons (Fsp3) is 0.333. The van der Waals surface area contributed by atoms with E-state index in [4.69, 9.17) is 0 Å². The Bertz CT molecular complexity index is 910. The number of hydrogen-bond donors (Lipinski definition) is 1. The van der Waals surface area contributed by atoms with Gasteiger partial charge in [-0.15, -0.1) is 0 Å². The molecule has 1 heterocycles. The number of imidazole rings is 1. The second-order valence-electron chi connectivity index (χ2n) is 7.02. The minimum atomic E-state index is -0.359. The lowest BCUT2D eigenvalue weighted by Crippen LogP contribution is -2.44. The third kappa shape index (κ3) is 3.21. The van der Waals surface area contributed by atoms with Crippen molar-refractivity contribution in [2.24, 2.45) is 0 Å². The summed E-state index contributed by atoms with van der Waals surface area (Å²) in [5, 5.41) is 3.24. The average Bonchev–Trinajstić information content (AvgIpc) is 3.28. The van der Waals surface area contributed by atoms with Crippen molar-refractivity contribution in [1.29, 1.82) is 0 Å². The number of aromatic nitrogens is 2. The molecule has 4 nitrogen and oxygen atoms in total. The summed E-state index contributed by atoms with van der Waals surface area (Å²) < 4.78 is 15.3. The largest absolute Gasteiger partial charge is 0.347 e. The summed E-state index contributed by atoms with van der Waals surface area (Å²) in [6.45, 7) is 0.589. The first-order valence-corrected chi connectivity index (χ1v) is 9.13. The summed E-state index contributed by atoms with van der Waals surface area (Å²) in [6.07, 6.45) is 6.12. The Morgan fingerprint density at radius 2 is 1.85 bits per heavy atom. The molecule has 0 spiro atoms. The number of nitrogens with zero attached hydrogens (tertiary/aromatic N) is 2. The quantitative estimate of drug-likeness (QED) is 0.750. The molecule has 0 radical (unpaired) electrons. The first-order chi connectivity index (χ1) is 12.7. The molecule has 0 atom stereocenters. The number of fused-ring (bicyclic) bond motifs is 1. The van der Waals surface area contributed by atoms with Crippen LogP contribution in [0.2, 0.25) is 0 Å². The van der Waals surface area contributed by atoms with E-state index in [2.05, 4.69) is 10.3 Å².